The molecule has 0 aliphatic rings. The Morgan fingerprint density at radius 1 is 1.27 bits per heavy atom. The summed E-state index contributed by atoms with van der Waals surface area (Å²) in [5, 5.41) is 8.61. The number of urea groups is 1. The standard InChI is InChI=1S/C10H12N2O3/c11-10(15)12(9(14)6-7-13)8-4-2-1-3-5-8/h1-5,13H,6-7H2,(H2,11,15). The number of aliphatic hydroxyl groups is 1. The van der Waals surface area contributed by atoms with E-state index in [1.807, 2.05) is 0 Å². The van der Waals surface area contributed by atoms with E-state index < -0.39 is 11.9 Å². The second-order valence-electron chi connectivity index (χ2n) is 2.88. The summed E-state index contributed by atoms with van der Waals surface area (Å²) in [6.45, 7) is -0.310. The van der Waals surface area contributed by atoms with E-state index in [4.69, 9.17) is 10.8 Å². The summed E-state index contributed by atoms with van der Waals surface area (Å²) in [4.78, 5) is 23.4. The SMILES string of the molecule is NC(=O)N(C(=O)CCO)c1ccccc1. The van der Waals surface area contributed by atoms with Crippen molar-refractivity contribution in [3.8, 4) is 0 Å². The second kappa shape index (κ2) is 5.11. The van der Waals surface area contributed by atoms with Gasteiger partial charge in [-0.1, -0.05) is 18.2 Å². The monoisotopic (exact) mass is 208 g/mol. The zero-order valence-corrected chi connectivity index (χ0v) is 8.09. The van der Waals surface area contributed by atoms with Crippen LogP contribution in [0.15, 0.2) is 30.3 Å². The Balaban J connectivity index is 2.94. The Bertz CT molecular complexity index is 351. The van der Waals surface area contributed by atoms with Crippen molar-refractivity contribution in [1.29, 1.82) is 0 Å². The fourth-order valence-electron chi connectivity index (χ4n) is 1.18. The van der Waals surface area contributed by atoms with Crippen molar-refractivity contribution in [2.75, 3.05) is 11.5 Å². The van der Waals surface area contributed by atoms with Crippen molar-refractivity contribution in [2.24, 2.45) is 5.73 Å². The molecule has 0 saturated carbocycles. The van der Waals surface area contributed by atoms with Crippen molar-refractivity contribution in [1.82, 2.24) is 0 Å². The van der Waals surface area contributed by atoms with Gasteiger partial charge in [0, 0.05) is 0 Å². The average Bonchev–Trinajstić information content (AvgIpc) is 2.19. The van der Waals surface area contributed by atoms with E-state index in [1.54, 1.807) is 30.3 Å². The van der Waals surface area contributed by atoms with Crippen LogP contribution in [0.4, 0.5) is 10.5 Å². The molecule has 0 aliphatic heterocycles. The number of carbonyl (C=O) groups is 2. The van der Waals surface area contributed by atoms with Gasteiger partial charge in [0.2, 0.25) is 5.91 Å². The molecule has 1 aromatic rings. The van der Waals surface area contributed by atoms with Crippen molar-refractivity contribution >= 4 is 17.6 Å². The third-order valence-corrected chi connectivity index (χ3v) is 1.81. The van der Waals surface area contributed by atoms with E-state index in [2.05, 4.69) is 0 Å². The van der Waals surface area contributed by atoms with Gasteiger partial charge in [-0.05, 0) is 12.1 Å². The van der Waals surface area contributed by atoms with Crippen LogP contribution in [-0.2, 0) is 4.79 Å². The molecule has 0 heterocycles. The molecule has 0 bridgehead atoms. The van der Waals surface area contributed by atoms with Gasteiger partial charge in [-0.3, -0.25) is 4.79 Å². The molecule has 1 rings (SSSR count). The lowest BCUT2D eigenvalue weighted by molar-refractivity contribution is -0.118. The number of amides is 3. The maximum absolute atomic E-state index is 11.5. The van der Waals surface area contributed by atoms with Crippen LogP contribution in [0.3, 0.4) is 0 Å². The normalized spacial score (nSPS) is 9.67. The minimum atomic E-state index is -0.848. The average molecular weight is 208 g/mol. The first-order chi connectivity index (χ1) is 7.16. The van der Waals surface area contributed by atoms with Gasteiger partial charge in [0.25, 0.3) is 0 Å². The van der Waals surface area contributed by atoms with Crippen molar-refractivity contribution in [2.45, 2.75) is 6.42 Å². The molecule has 0 fully saturated rings. The zero-order chi connectivity index (χ0) is 11.3. The quantitative estimate of drug-likeness (QED) is 0.757. The number of nitrogens with zero attached hydrogens (tertiary/aromatic N) is 1. The first kappa shape index (κ1) is 11.2. The molecule has 0 aliphatic carbocycles. The maximum atomic E-state index is 11.5. The van der Waals surface area contributed by atoms with Gasteiger partial charge >= 0.3 is 6.03 Å². The number of primary amides is 1. The number of aliphatic hydroxyl groups excluding tert-OH is 1. The number of imide groups is 1. The van der Waals surface area contributed by atoms with Gasteiger partial charge in [-0.15, -0.1) is 0 Å². The van der Waals surface area contributed by atoms with Crippen LogP contribution < -0.4 is 10.6 Å². The highest BCUT2D eigenvalue weighted by Gasteiger charge is 2.19. The molecule has 0 radical (unpaired) electrons. The van der Waals surface area contributed by atoms with E-state index in [9.17, 15) is 9.59 Å². The molecule has 80 valence electrons. The van der Waals surface area contributed by atoms with Crippen LogP contribution in [-0.4, -0.2) is 23.7 Å². The lowest BCUT2D eigenvalue weighted by Gasteiger charge is -2.17. The molecule has 0 unspecified atom stereocenters. The highest BCUT2D eigenvalue weighted by molar-refractivity contribution is 6.13. The Labute approximate surface area is 87.1 Å². The van der Waals surface area contributed by atoms with Crippen LogP contribution >= 0.6 is 0 Å². The molecule has 0 spiro atoms. The predicted octanol–water partition coefficient (Wildman–Crippen LogP) is 0.481. The number of anilines is 1. The third kappa shape index (κ3) is 2.78. The number of nitrogens with two attached hydrogens (primary N) is 1. The molecule has 0 atom stereocenters. The summed E-state index contributed by atoms with van der Waals surface area (Å²) in [5.41, 5.74) is 5.49. The Kier molecular flexibility index (Phi) is 3.82. The van der Waals surface area contributed by atoms with E-state index >= 15 is 0 Å². The van der Waals surface area contributed by atoms with E-state index in [-0.39, 0.29) is 13.0 Å². The molecule has 1 aromatic carbocycles. The van der Waals surface area contributed by atoms with Gasteiger partial charge in [0.15, 0.2) is 0 Å². The fourth-order valence-corrected chi connectivity index (χ4v) is 1.18. The van der Waals surface area contributed by atoms with Gasteiger partial charge in [-0.2, -0.15) is 0 Å². The number of para-hydroxylation sites is 1. The minimum absolute atomic E-state index is 0.127. The molecule has 0 aromatic heterocycles. The number of hydrogen-bond acceptors (Lipinski definition) is 3. The van der Waals surface area contributed by atoms with E-state index in [0.717, 1.165) is 4.90 Å². The van der Waals surface area contributed by atoms with E-state index in [1.165, 1.54) is 0 Å². The molecule has 15 heavy (non-hydrogen) atoms. The minimum Gasteiger partial charge on any atom is -0.396 e. The van der Waals surface area contributed by atoms with Crippen molar-refractivity contribution in [3.63, 3.8) is 0 Å². The zero-order valence-electron chi connectivity index (χ0n) is 8.09. The van der Waals surface area contributed by atoms with Gasteiger partial charge in [0.1, 0.15) is 0 Å². The number of carbonyl (C=O) groups excluding carboxylic acids is 2. The summed E-state index contributed by atoms with van der Waals surface area (Å²) in [5.74, 6) is -0.517. The molecule has 5 nitrogen and oxygen atoms in total. The summed E-state index contributed by atoms with van der Waals surface area (Å²) in [6, 6.07) is 7.49. The topological polar surface area (TPSA) is 83.6 Å². The summed E-state index contributed by atoms with van der Waals surface area (Å²) < 4.78 is 0. The van der Waals surface area contributed by atoms with Gasteiger partial charge in [-0.25, -0.2) is 9.69 Å². The number of hydrogen-bond donors (Lipinski definition) is 2. The molecule has 3 N–H and O–H groups in total. The highest BCUT2D eigenvalue weighted by Crippen LogP contribution is 2.13. The summed E-state index contributed by atoms with van der Waals surface area (Å²) in [6.07, 6.45) is -0.127. The molecule has 0 saturated heterocycles. The first-order valence-corrected chi connectivity index (χ1v) is 4.45. The molecule has 5 heteroatoms. The van der Waals surface area contributed by atoms with Gasteiger partial charge < -0.3 is 10.8 Å². The Morgan fingerprint density at radius 2 is 1.87 bits per heavy atom. The lowest BCUT2D eigenvalue weighted by atomic mass is 10.2. The van der Waals surface area contributed by atoms with Crippen molar-refractivity contribution < 1.29 is 14.7 Å². The highest BCUT2D eigenvalue weighted by atomic mass is 16.3. The summed E-state index contributed by atoms with van der Waals surface area (Å²) in [7, 11) is 0. The van der Waals surface area contributed by atoms with Gasteiger partial charge in [0.05, 0.1) is 18.7 Å². The molecular weight excluding hydrogens is 196 g/mol. The fraction of sp³-hybridized carbons (Fsp3) is 0.200. The summed E-state index contributed by atoms with van der Waals surface area (Å²) >= 11 is 0. The maximum Gasteiger partial charge on any atom is 0.326 e. The lowest BCUT2D eigenvalue weighted by Crippen LogP contribution is -2.41. The van der Waals surface area contributed by atoms with Crippen LogP contribution in [0.25, 0.3) is 0 Å². The number of rotatable bonds is 3. The second-order valence-corrected chi connectivity index (χ2v) is 2.88. The number of benzene rings is 1. The van der Waals surface area contributed by atoms with Crippen LogP contribution in [0.1, 0.15) is 6.42 Å². The van der Waals surface area contributed by atoms with E-state index in [0.29, 0.717) is 5.69 Å². The molecular formula is C10H12N2O3. The third-order valence-electron chi connectivity index (χ3n) is 1.81. The Hall–Kier alpha value is -1.88. The van der Waals surface area contributed by atoms with Crippen LogP contribution in [0.2, 0.25) is 0 Å². The Morgan fingerprint density at radius 3 is 2.33 bits per heavy atom. The van der Waals surface area contributed by atoms with Crippen molar-refractivity contribution in [3.05, 3.63) is 30.3 Å². The first-order valence-electron chi connectivity index (χ1n) is 4.45. The van der Waals surface area contributed by atoms with Crippen LogP contribution in [0.5, 0.6) is 0 Å². The smallest absolute Gasteiger partial charge is 0.326 e. The largest absolute Gasteiger partial charge is 0.396 e. The van der Waals surface area contributed by atoms with Crippen LogP contribution in [0, 0.1) is 0 Å². The molecule has 3 amide bonds. The predicted molar refractivity (Wildman–Crippen MR) is 55.2 cm³/mol.